The van der Waals surface area contributed by atoms with E-state index in [0.29, 0.717) is 45.9 Å². The zero-order chi connectivity index (χ0) is 49.3. The van der Waals surface area contributed by atoms with Crippen LogP contribution in [0.25, 0.3) is 22.1 Å². The van der Waals surface area contributed by atoms with Crippen molar-refractivity contribution in [1.29, 1.82) is 0 Å². The predicted octanol–water partition coefficient (Wildman–Crippen LogP) is 7.43. The van der Waals surface area contributed by atoms with Gasteiger partial charge in [-0.3, -0.25) is 28.6 Å². The van der Waals surface area contributed by atoms with Gasteiger partial charge in [0.15, 0.2) is 11.6 Å². The third kappa shape index (κ3) is 10.4. The summed E-state index contributed by atoms with van der Waals surface area (Å²) in [6.07, 6.45) is 5.76. The monoisotopic (exact) mass is 998 g/mol. The lowest BCUT2D eigenvalue weighted by Gasteiger charge is -2.39. The number of phenols is 2. The maximum atomic E-state index is 14.1. The zero-order valence-electron chi connectivity index (χ0n) is 41.1. The molecule has 4 aliphatic heterocycles. The number of aromatic nitrogens is 6. The quantitative estimate of drug-likeness (QED) is 0.105. The summed E-state index contributed by atoms with van der Waals surface area (Å²) in [7, 11) is 0. The Morgan fingerprint density at radius 1 is 0.775 bits per heavy atom. The summed E-state index contributed by atoms with van der Waals surface area (Å²) in [5.74, 6) is 2.02. The number of aryl methyl sites for hydroxylation is 3. The van der Waals surface area contributed by atoms with E-state index in [4.69, 9.17) is 16.6 Å². The molecule has 18 heteroatoms. The lowest BCUT2D eigenvalue weighted by molar-refractivity contribution is -0.133. The third-order valence-corrected chi connectivity index (χ3v) is 16.3. The van der Waals surface area contributed by atoms with E-state index in [2.05, 4.69) is 71.0 Å². The van der Waals surface area contributed by atoms with Crippen molar-refractivity contribution in [2.45, 2.75) is 78.8 Å². The number of rotatable bonds is 13. The number of carbonyl (C=O) groups is 2. The number of nitrogens with zero attached hydrogens (tertiary/aromatic N) is 11. The van der Waals surface area contributed by atoms with E-state index in [9.17, 15) is 19.8 Å². The van der Waals surface area contributed by atoms with Gasteiger partial charge in [-0.25, -0.2) is 0 Å². The van der Waals surface area contributed by atoms with Gasteiger partial charge >= 0.3 is 0 Å². The second-order valence-corrected chi connectivity index (χ2v) is 21.3. The highest BCUT2D eigenvalue weighted by atomic mass is 35.5. The first kappa shape index (κ1) is 48.6. The molecule has 3 aromatic carbocycles. The lowest BCUT2D eigenvalue weighted by atomic mass is 9.95. The van der Waals surface area contributed by atoms with Gasteiger partial charge in [0.25, 0.3) is 5.91 Å². The second kappa shape index (κ2) is 21.0. The maximum absolute atomic E-state index is 14.1. The fourth-order valence-electron chi connectivity index (χ4n) is 10.6. The van der Waals surface area contributed by atoms with Crippen molar-refractivity contribution in [3.05, 3.63) is 116 Å². The Hall–Kier alpha value is -5.98. The number of fused-ring (bicyclic) bond motifs is 3. The summed E-state index contributed by atoms with van der Waals surface area (Å²) in [5.41, 5.74) is 6.83. The fourth-order valence-corrected chi connectivity index (χ4v) is 11.9. The van der Waals surface area contributed by atoms with Crippen molar-refractivity contribution in [2.75, 3.05) is 72.0 Å². The maximum Gasteiger partial charge on any atom is 0.289 e. The van der Waals surface area contributed by atoms with E-state index in [1.807, 2.05) is 48.2 Å². The molecule has 2 amide bonds. The van der Waals surface area contributed by atoms with Crippen molar-refractivity contribution >= 4 is 40.5 Å². The van der Waals surface area contributed by atoms with E-state index in [1.54, 1.807) is 28.9 Å². The van der Waals surface area contributed by atoms with E-state index < -0.39 is 6.04 Å². The Kier molecular flexibility index (Phi) is 14.4. The van der Waals surface area contributed by atoms with Crippen molar-refractivity contribution in [3.8, 4) is 33.6 Å². The normalized spacial score (nSPS) is 18.2. The minimum absolute atomic E-state index is 0.0269. The second-order valence-electron chi connectivity index (χ2n) is 19.7. The van der Waals surface area contributed by atoms with Crippen LogP contribution >= 0.6 is 22.9 Å². The minimum Gasteiger partial charge on any atom is -0.508 e. The average Bonchev–Trinajstić information content (AvgIpc) is 4.05. The van der Waals surface area contributed by atoms with Crippen LogP contribution in [0.5, 0.6) is 11.5 Å². The molecule has 3 fully saturated rings. The first-order chi connectivity index (χ1) is 34.4. The molecule has 0 saturated carbocycles. The van der Waals surface area contributed by atoms with E-state index >= 15 is 0 Å². The molecular formula is C53H63ClN12O4S. The number of likely N-dealkylation sites (tertiary alicyclic amines) is 2. The molecule has 0 aliphatic carbocycles. The number of nitrogens with one attached hydrogen (secondary N) is 1. The Bertz CT molecular complexity index is 2930. The molecule has 0 unspecified atom stereocenters. The van der Waals surface area contributed by atoms with Gasteiger partial charge in [0, 0.05) is 98.2 Å². The number of piperidine rings is 2. The van der Waals surface area contributed by atoms with Gasteiger partial charge in [-0.2, -0.15) is 0 Å². The molecule has 16 nitrogen and oxygen atoms in total. The summed E-state index contributed by atoms with van der Waals surface area (Å²) in [6, 6.07) is 18.4. The van der Waals surface area contributed by atoms with Crippen molar-refractivity contribution in [1.82, 2.24) is 54.4 Å². The number of aromatic hydroxyl groups is 2. The number of phenolic OH excluding ortho intramolecular Hbond substituents is 2. The number of halogens is 1. The summed E-state index contributed by atoms with van der Waals surface area (Å²) in [5, 5.41) is 43.7. The molecule has 6 aromatic rings. The number of aliphatic imine (C=N–C) groups is 1. The van der Waals surface area contributed by atoms with Crippen LogP contribution in [0, 0.1) is 33.6 Å². The van der Waals surface area contributed by atoms with Gasteiger partial charge in [0.05, 0.1) is 17.7 Å². The first-order valence-corrected chi connectivity index (χ1v) is 26.2. The minimum atomic E-state index is -0.483. The molecule has 7 heterocycles. The van der Waals surface area contributed by atoms with Crippen LogP contribution in [0.3, 0.4) is 0 Å². The van der Waals surface area contributed by atoms with Crippen molar-refractivity contribution < 1.29 is 19.8 Å². The Labute approximate surface area is 424 Å². The molecule has 3 N–H and O–H groups in total. The number of carbonyl (C=O) groups excluding carboxylic acids is 2. The van der Waals surface area contributed by atoms with Crippen LogP contribution in [0.4, 0.5) is 0 Å². The molecule has 3 aromatic heterocycles. The number of amides is 2. The van der Waals surface area contributed by atoms with Gasteiger partial charge in [-0.05, 0) is 119 Å². The SMILES string of the molecule is Cc1cc(-c2nnc(C(=O)NCCN3CCCCC3)n2-c2ccc(CN3CCN(CC4CCN(C(=O)C[C@@H]5N=C(c6ccc(Cl)cc6)c6c(sc(C)c6C)-n6c(C)nnc65)CC4)CC3)cc2)c(O)cc1O. The standard InChI is InChI=1S/C53H63ClN12O4S/c1-33-28-42(45(68)30-44(33)67)49-58-60-51(52(70)55-18-23-61-19-6-5-7-20-61)66(49)41-14-8-37(9-15-41)31-62-24-26-63(27-25-62)32-38-16-21-64(22-17-38)46(69)29-43-50-59-57-36(4)65(50)53-47(34(2)35(3)71-53)48(56-43)39-10-12-40(54)13-11-39/h8-15,28,30,38,43,67-68H,5-7,16-27,29,31-32H2,1-4H3,(H,55,70)/t43-/m0/s1. The van der Waals surface area contributed by atoms with Crippen LogP contribution in [-0.4, -0.2) is 149 Å². The van der Waals surface area contributed by atoms with Gasteiger partial charge in [-0.15, -0.1) is 31.7 Å². The number of benzene rings is 3. The molecule has 3 saturated heterocycles. The molecule has 10 rings (SSSR count). The van der Waals surface area contributed by atoms with E-state index in [1.165, 1.54) is 35.8 Å². The Morgan fingerprint density at radius 2 is 1.49 bits per heavy atom. The van der Waals surface area contributed by atoms with Crippen LogP contribution in [0.2, 0.25) is 5.02 Å². The predicted molar refractivity (Wildman–Crippen MR) is 276 cm³/mol. The smallest absolute Gasteiger partial charge is 0.289 e. The number of hydrogen-bond acceptors (Lipinski definition) is 13. The summed E-state index contributed by atoms with van der Waals surface area (Å²) < 4.78 is 3.79. The molecule has 0 spiro atoms. The highest BCUT2D eigenvalue weighted by Crippen LogP contribution is 2.40. The first-order valence-electron chi connectivity index (χ1n) is 25.1. The van der Waals surface area contributed by atoms with Crippen LogP contribution < -0.4 is 5.32 Å². The van der Waals surface area contributed by atoms with E-state index in [-0.39, 0.29) is 35.6 Å². The van der Waals surface area contributed by atoms with E-state index in [0.717, 1.165) is 118 Å². The van der Waals surface area contributed by atoms with Gasteiger partial charge in [0.1, 0.15) is 28.4 Å². The summed E-state index contributed by atoms with van der Waals surface area (Å²) in [4.78, 5) is 43.8. The molecule has 1 atom stereocenters. The fraction of sp³-hybridized carbons (Fsp3) is 0.453. The summed E-state index contributed by atoms with van der Waals surface area (Å²) >= 11 is 8.02. The molecule has 372 valence electrons. The lowest BCUT2D eigenvalue weighted by Crippen LogP contribution is -2.48. The van der Waals surface area contributed by atoms with Gasteiger partial charge in [0.2, 0.25) is 11.7 Å². The van der Waals surface area contributed by atoms with Crippen LogP contribution in [0.15, 0.2) is 65.7 Å². The third-order valence-electron chi connectivity index (χ3n) is 14.9. The molecule has 4 aliphatic rings. The number of hydrogen-bond donors (Lipinski definition) is 3. The average molecular weight is 1000 g/mol. The van der Waals surface area contributed by atoms with Gasteiger partial charge in [-0.1, -0.05) is 42.3 Å². The number of piperazine rings is 1. The topological polar surface area (TPSA) is 173 Å². The largest absolute Gasteiger partial charge is 0.508 e. The molecule has 0 radical (unpaired) electrons. The zero-order valence-corrected chi connectivity index (χ0v) is 42.6. The van der Waals surface area contributed by atoms with Crippen LogP contribution in [-0.2, 0) is 11.3 Å². The highest BCUT2D eigenvalue weighted by Gasteiger charge is 2.35. The molecule has 71 heavy (non-hydrogen) atoms. The summed E-state index contributed by atoms with van der Waals surface area (Å²) in [6.45, 7) is 18.5. The Balaban J connectivity index is 0.740. The molecular weight excluding hydrogens is 936 g/mol. The Morgan fingerprint density at radius 3 is 2.23 bits per heavy atom. The molecule has 0 bridgehead atoms. The van der Waals surface area contributed by atoms with Gasteiger partial charge < -0.3 is 30.2 Å². The van der Waals surface area contributed by atoms with Crippen molar-refractivity contribution in [2.24, 2.45) is 10.9 Å². The number of thiophene rings is 1. The highest BCUT2D eigenvalue weighted by molar-refractivity contribution is 7.15. The van der Waals surface area contributed by atoms with Crippen LogP contribution in [0.1, 0.15) is 99.5 Å². The van der Waals surface area contributed by atoms with Crippen molar-refractivity contribution in [3.63, 3.8) is 0 Å².